The van der Waals surface area contributed by atoms with Crippen LogP contribution >= 0.6 is 0 Å². The summed E-state index contributed by atoms with van der Waals surface area (Å²) in [5.74, 6) is 0.833. The van der Waals surface area contributed by atoms with Crippen LogP contribution in [0, 0.1) is 0 Å². The van der Waals surface area contributed by atoms with E-state index in [9.17, 15) is 8.42 Å². The highest BCUT2D eigenvalue weighted by atomic mass is 32.2. The van der Waals surface area contributed by atoms with Gasteiger partial charge >= 0.3 is 0 Å². The molecule has 0 amide bonds. The minimum Gasteiger partial charge on any atom is -0.357 e. The molecule has 6 nitrogen and oxygen atoms in total. The number of rotatable bonds is 6. The summed E-state index contributed by atoms with van der Waals surface area (Å²) < 4.78 is 25.4. The third kappa shape index (κ3) is 5.71. The summed E-state index contributed by atoms with van der Waals surface area (Å²) in [5, 5.41) is 6.80. The number of benzene rings is 1. The maximum absolute atomic E-state index is 12.1. The van der Waals surface area contributed by atoms with Crippen LogP contribution < -0.4 is 10.6 Å². The predicted molar refractivity (Wildman–Crippen MR) is 102 cm³/mol. The molecule has 1 aromatic rings. The van der Waals surface area contributed by atoms with E-state index in [0.717, 1.165) is 18.1 Å². The Balaban J connectivity index is 2.01. The fourth-order valence-corrected chi connectivity index (χ4v) is 3.81. The van der Waals surface area contributed by atoms with Gasteiger partial charge < -0.3 is 10.6 Å². The second-order valence-electron chi connectivity index (χ2n) is 6.61. The average molecular weight is 367 g/mol. The molecule has 0 spiro atoms. The van der Waals surface area contributed by atoms with Crippen molar-refractivity contribution in [2.24, 2.45) is 4.99 Å². The number of hydrogen-bond acceptors (Lipinski definition) is 3. The molecule has 1 aliphatic carbocycles. The minimum atomic E-state index is -3.38. The van der Waals surface area contributed by atoms with E-state index in [1.54, 1.807) is 12.1 Å². The van der Waals surface area contributed by atoms with Gasteiger partial charge in [0.15, 0.2) is 5.96 Å². The van der Waals surface area contributed by atoms with E-state index in [-0.39, 0.29) is 0 Å². The quantitative estimate of drug-likeness (QED) is 0.599. The predicted octanol–water partition coefficient (Wildman–Crippen LogP) is 2.32. The van der Waals surface area contributed by atoms with Crippen LogP contribution in [0.2, 0.25) is 0 Å². The lowest BCUT2D eigenvalue weighted by Crippen LogP contribution is -2.44. The SMILES string of the molecule is CCNC(=NCc1ccc(S(=O)(=O)N(C)C)cc1)NC1CCCCC1. The van der Waals surface area contributed by atoms with Crippen molar-refractivity contribution in [1.82, 2.24) is 14.9 Å². The van der Waals surface area contributed by atoms with E-state index in [0.29, 0.717) is 17.5 Å². The first kappa shape index (κ1) is 19.7. The first-order valence-electron chi connectivity index (χ1n) is 9.00. The fraction of sp³-hybridized carbons (Fsp3) is 0.611. The van der Waals surface area contributed by atoms with Gasteiger partial charge in [0.25, 0.3) is 0 Å². The van der Waals surface area contributed by atoms with Crippen molar-refractivity contribution in [1.29, 1.82) is 0 Å². The number of nitrogens with zero attached hydrogens (tertiary/aromatic N) is 2. The monoisotopic (exact) mass is 366 g/mol. The molecule has 0 saturated heterocycles. The summed E-state index contributed by atoms with van der Waals surface area (Å²) in [5.41, 5.74) is 0.985. The summed E-state index contributed by atoms with van der Waals surface area (Å²) in [7, 11) is -0.310. The van der Waals surface area contributed by atoms with Crippen LogP contribution in [-0.4, -0.2) is 45.4 Å². The highest BCUT2D eigenvalue weighted by Gasteiger charge is 2.17. The van der Waals surface area contributed by atoms with Crippen LogP contribution in [0.25, 0.3) is 0 Å². The first-order valence-corrected chi connectivity index (χ1v) is 10.4. The first-order chi connectivity index (χ1) is 11.9. The fourth-order valence-electron chi connectivity index (χ4n) is 2.91. The average Bonchev–Trinajstić information content (AvgIpc) is 2.61. The van der Waals surface area contributed by atoms with Gasteiger partial charge in [0.1, 0.15) is 0 Å². The normalized spacial score (nSPS) is 16.9. The smallest absolute Gasteiger partial charge is 0.242 e. The molecule has 0 atom stereocenters. The number of hydrogen-bond donors (Lipinski definition) is 2. The van der Waals surface area contributed by atoms with E-state index in [1.807, 2.05) is 12.1 Å². The van der Waals surface area contributed by atoms with Crippen molar-refractivity contribution in [3.05, 3.63) is 29.8 Å². The Hall–Kier alpha value is -1.60. The highest BCUT2D eigenvalue weighted by molar-refractivity contribution is 7.89. The second kappa shape index (κ2) is 9.20. The van der Waals surface area contributed by atoms with Crippen molar-refractivity contribution < 1.29 is 8.42 Å². The number of nitrogens with one attached hydrogen (secondary N) is 2. The Labute approximate surface area is 151 Å². The summed E-state index contributed by atoms with van der Waals surface area (Å²) in [4.78, 5) is 4.94. The zero-order chi connectivity index (χ0) is 18.3. The third-order valence-electron chi connectivity index (χ3n) is 4.41. The summed E-state index contributed by atoms with van der Waals surface area (Å²) in [6.07, 6.45) is 6.27. The number of sulfonamides is 1. The van der Waals surface area contributed by atoms with Gasteiger partial charge in [-0.25, -0.2) is 17.7 Å². The van der Waals surface area contributed by atoms with Crippen LogP contribution in [0.15, 0.2) is 34.2 Å². The molecule has 0 radical (unpaired) electrons. The van der Waals surface area contributed by atoms with Crippen LogP contribution in [0.4, 0.5) is 0 Å². The summed E-state index contributed by atoms with van der Waals surface area (Å²) >= 11 is 0. The van der Waals surface area contributed by atoms with E-state index >= 15 is 0 Å². The van der Waals surface area contributed by atoms with Crippen molar-refractivity contribution in [3.8, 4) is 0 Å². The van der Waals surface area contributed by atoms with Gasteiger partial charge in [-0.1, -0.05) is 31.4 Å². The van der Waals surface area contributed by atoms with Gasteiger partial charge in [-0.2, -0.15) is 0 Å². The van der Waals surface area contributed by atoms with Crippen molar-refractivity contribution in [2.45, 2.75) is 56.5 Å². The zero-order valence-corrected chi connectivity index (χ0v) is 16.3. The molecule has 2 rings (SSSR count). The second-order valence-corrected chi connectivity index (χ2v) is 8.76. The molecule has 0 unspecified atom stereocenters. The Morgan fingerprint density at radius 1 is 1.16 bits per heavy atom. The van der Waals surface area contributed by atoms with E-state index < -0.39 is 10.0 Å². The van der Waals surface area contributed by atoms with E-state index in [4.69, 9.17) is 0 Å². The molecule has 7 heteroatoms. The van der Waals surface area contributed by atoms with Crippen molar-refractivity contribution >= 4 is 16.0 Å². The molecule has 25 heavy (non-hydrogen) atoms. The van der Waals surface area contributed by atoms with Crippen LogP contribution in [0.3, 0.4) is 0 Å². The van der Waals surface area contributed by atoms with Crippen LogP contribution in [0.5, 0.6) is 0 Å². The molecule has 0 aliphatic heterocycles. The maximum atomic E-state index is 12.1. The summed E-state index contributed by atoms with van der Waals surface area (Å²) in [6, 6.07) is 7.43. The molecular formula is C18H30N4O2S. The minimum absolute atomic E-state index is 0.303. The Morgan fingerprint density at radius 3 is 2.36 bits per heavy atom. The van der Waals surface area contributed by atoms with Crippen LogP contribution in [0.1, 0.15) is 44.6 Å². The Morgan fingerprint density at radius 2 is 1.80 bits per heavy atom. The molecule has 0 aromatic heterocycles. The molecule has 1 aromatic carbocycles. The van der Waals surface area contributed by atoms with Gasteiger partial charge in [0.05, 0.1) is 11.4 Å². The van der Waals surface area contributed by atoms with Gasteiger partial charge in [-0.3, -0.25) is 0 Å². The molecule has 1 saturated carbocycles. The van der Waals surface area contributed by atoms with Gasteiger partial charge in [0, 0.05) is 26.7 Å². The molecule has 1 fully saturated rings. The molecule has 140 valence electrons. The lowest BCUT2D eigenvalue weighted by molar-refractivity contribution is 0.410. The third-order valence-corrected chi connectivity index (χ3v) is 6.24. The standard InChI is InChI=1S/C18H30N4O2S/c1-4-19-18(21-16-8-6-5-7-9-16)20-14-15-10-12-17(13-11-15)25(23,24)22(2)3/h10-13,16H,4-9,14H2,1-3H3,(H2,19,20,21). The Bertz CT molecular complexity index is 663. The lowest BCUT2D eigenvalue weighted by Gasteiger charge is -2.24. The van der Waals surface area contributed by atoms with Gasteiger partial charge in [0.2, 0.25) is 10.0 Å². The van der Waals surface area contributed by atoms with Crippen molar-refractivity contribution in [2.75, 3.05) is 20.6 Å². The highest BCUT2D eigenvalue weighted by Crippen LogP contribution is 2.17. The van der Waals surface area contributed by atoms with E-state index in [1.165, 1.54) is 50.5 Å². The maximum Gasteiger partial charge on any atom is 0.242 e. The topological polar surface area (TPSA) is 73.8 Å². The molecule has 0 heterocycles. The molecule has 1 aliphatic rings. The zero-order valence-electron chi connectivity index (χ0n) is 15.5. The Kier molecular flexibility index (Phi) is 7.25. The molecule has 0 bridgehead atoms. The van der Waals surface area contributed by atoms with Gasteiger partial charge in [-0.05, 0) is 37.5 Å². The largest absolute Gasteiger partial charge is 0.357 e. The number of aliphatic imine (C=N–C) groups is 1. The van der Waals surface area contributed by atoms with Gasteiger partial charge in [-0.15, -0.1) is 0 Å². The molecule has 2 N–H and O–H groups in total. The molecular weight excluding hydrogens is 336 g/mol. The van der Waals surface area contributed by atoms with E-state index in [2.05, 4.69) is 22.5 Å². The summed E-state index contributed by atoms with van der Waals surface area (Å²) in [6.45, 7) is 3.39. The van der Waals surface area contributed by atoms with Crippen molar-refractivity contribution in [3.63, 3.8) is 0 Å². The lowest BCUT2D eigenvalue weighted by atomic mass is 9.96. The number of guanidine groups is 1. The van der Waals surface area contributed by atoms with Crippen LogP contribution in [-0.2, 0) is 16.6 Å².